The van der Waals surface area contributed by atoms with Crippen LogP contribution in [0.2, 0.25) is 0 Å². The summed E-state index contributed by atoms with van der Waals surface area (Å²) in [5.41, 5.74) is 8.69. The van der Waals surface area contributed by atoms with E-state index in [-0.39, 0.29) is 33.7 Å². The van der Waals surface area contributed by atoms with Crippen molar-refractivity contribution in [2.75, 3.05) is 30.5 Å². The molecule has 0 spiro atoms. The maximum Gasteiger partial charge on any atom is 0.341 e. The second kappa shape index (κ2) is 5.66. The zero-order chi connectivity index (χ0) is 18.5. The Morgan fingerprint density at radius 1 is 1.40 bits per heavy atom. The predicted octanol–water partition coefficient (Wildman–Crippen LogP) is 0.752. The van der Waals surface area contributed by atoms with Crippen LogP contribution in [0.25, 0.3) is 10.9 Å². The predicted molar refractivity (Wildman–Crippen MR) is 96.1 cm³/mol. The number of phenols is 1. The molecule has 0 aliphatic carbocycles. The summed E-state index contributed by atoms with van der Waals surface area (Å²) in [4.78, 5) is 25.7. The number of pyridine rings is 1. The molecule has 1 aromatic carbocycles. The van der Waals surface area contributed by atoms with E-state index in [4.69, 9.17) is 5.73 Å². The van der Waals surface area contributed by atoms with Gasteiger partial charge in [-0.3, -0.25) is 9.47 Å². The quantitative estimate of drug-likeness (QED) is 0.647. The van der Waals surface area contributed by atoms with Gasteiger partial charge in [-0.15, -0.1) is 0 Å². The summed E-state index contributed by atoms with van der Waals surface area (Å²) in [5, 5.41) is 20.1. The molecule has 2 heterocycles. The van der Waals surface area contributed by atoms with Gasteiger partial charge in [0.2, 0.25) is 5.43 Å². The molecule has 1 saturated heterocycles. The Bertz CT molecular complexity index is 919. The van der Waals surface area contributed by atoms with Crippen LogP contribution >= 0.6 is 0 Å². The lowest BCUT2D eigenvalue weighted by atomic mass is 9.89. The highest BCUT2D eigenvalue weighted by molar-refractivity contribution is 5.96. The molecule has 1 fully saturated rings. The van der Waals surface area contributed by atoms with Gasteiger partial charge >= 0.3 is 5.97 Å². The third kappa shape index (κ3) is 2.58. The molecule has 134 valence electrons. The monoisotopic (exact) mass is 346 g/mol. The lowest BCUT2D eigenvalue weighted by Crippen LogP contribution is -2.35. The molecule has 1 aromatic heterocycles. The molecule has 8 nitrogen and oxygen atoms in total. The number of rotatable bonds is 3. The molecular formula is C17H22N4O4. The van der Waals surface area contributed by atoms with Crippen LogP contribution in [-0.2, 0) is 0 Å². The first-order valence-electron chi connectivity index (χ1n) is 8.00. The van der Waals surface area contributed by atoms with Crippen LogP contribution < -0.4 is 21.5 Å². The molecule has 3 rings (SSSR count). The molecule has 2 aromatic rings. The number of phenolic OH excluding ortho intramolecular Hbond substituents is 1. The van der Waals surface area contributed by atoms with E-state index in [2.05, 4.69) is 19.3 Å². The van der Waals surface area contributed by atoms with E-state index in [1.54, 1.807) is 19.2 Å². The van der Waals surface area contributed by atoms with E-state index >= 15 is 0 Å². The van der Waals surface area contributed by atoms with E-state index in [1.807, 2.05) is 4.90 Å². The topological polar surface area (TPSA) is 121 Å². The van der Waals surface area contributed by atoms with Gasteiger partial charge in [0.1, 0.15) is 11.1 Å². The van der Waals surface area contributed by atoms with Gasteiger partial charge in [-0.25, -0.2) is 4.79 Å². The van der Waals surface area contributed by atoms with Gasteiger partial charge in [-0.1, -0.05) is 13.8 Å². The number of benzene rings is 1. The SMILES string of the molecule is CNn1cc(C(=O)O)c(=O)c2ccc(N3C[C@H](N)C(C)(C)C3)c(O)c21. The number of aromatic nitrogens is 1. The van der Waals surface area contributed by atoms with Gasteiger partial charge in [-0.2, -0.15) is 0 Å². The number of aromatic hydroxyl groups is 1. The standard InChI is InChI=1S/C17H22N4O4/c1-17(2)8-20(7-12(17)18)11-5-4-9-13(15(11)23)21(19-3)6-10(14(9)22)16(24)25/h4-6,12,19,23H,7-8,18H2,1-3H3,(H,24,25)/t12-/m0/s1. The van der Waals surface area contributed by atoms with Crippen LogP contribution in [-0.4, -0.2) is 47.0 Å². The Kier molecular flexibility index (Phi) is 3.87. The average molecular weight is 346 g/mol. The molecule has 0 amide bonds. The lowest BCUT2D eigenvalue weighted by molar-refractivity contribution is 0.0695. The second-order valence-electron chi connectivity index (χ2n) is 7.08. The fraction of sp³-hybridized carbons (Fsp3) is 0.412. The minimum Gasteiger partial charge on any atom is -0.504 e. The first-order valence-corrected chi connectivity index (χ1v) is 8.00. The first kappa shape index (κ1) is 17.1. The highest BCUT2D eigenvalue weighted by Crippen LogP contribution is 2.39. The van der Waals surface area contributed by atoms with E-state index in [0.717, 1.165) is 0 Å². The molecule has 0 bridgehead atoms. The molecule has 1 aliphatic heterocycles. The van der Waals surface area contributed by atoms with Crippen molar-refractivity contribution in [1.29, 1.82) is 0 Å². The summed E-state index contributed by atoms with van der Waals surface area (Å²) in [6.45, 7) is 5.39. The smallest absolute Gasteiger partial charge is 0.341 e. The van der Waals surface area contributed by atoms with E-state index in [9.17, 15) is 19.8 Å². The normalized spacial score (nSPS) is 19.4. The van der Waals surface area contributed by atoms with Crippen molar-refractivity contribution in [2.24, 2.45) is 11.1 Å². The molecule has 0 radical (unpaired) electrons. The Morgan fingerprint density at radius 2 is 2.08 bits per heavy atom. The third-order valence-electron chi connectivity index (χ3n) is 4.95. The van der Waals surface area contributed by atoms with Gasteiger partial charge in [-0.05, 0) is 17.5 Å². The van der Waals surface area contributed by atoms with Gasteiger partial charge in [0.15, 0.2) is 5.75 Å². The van der Waals surface area contributed by atoms with E-state index in [0.29, 0.717) is 18.8 Å². The number of nitrogens with one attached hydrogen (secondary N) is 1. The second-order valence-corrected chi connectivity index (χ2v) is 7.08. The summed E-state index contributed by atoms with van der Waals surface area (Å²) in [6, 6.07) is 3.14. The summed E-state index contributed by atoms with van der Waals surface area (Å²) in [5.74, 6) is -1.39. The van der Waals surface area contributed by atoms with E-state index in [1.165, 1.54) is 10.9 Å². The van der Waals surface area contributed by atoms with Gasteiger partial charge in [0.05, 0.1) is 11.1 Å². The van der Waals surface area contributed by atoms with Crippen LogP contribution in [0.1, 0.15) is 24.2 Å². The molecule has 0 saturated carbocycles. The van der Waals surface area contributed by atoms with Gasteiger partial charge in [0.25, 0.3) is 0 Å². The Balaban J connectivity index is 2.23. The van der Waals surface area contributed by atoms with Crippen LogP contribution in [0.15, 0.2) is 23.1 Å². The molecule has 0 unspecified atom stereocenters. The number of nitrogens with zero attached hydrogens (tertiary/aromatic N) is 2. The van der Waals surface area contributed by atoms with Crippen molar-refractivity contribution >= 4 is 22.6 Å². The summed E-state index contributed by atoms with van der Waals surface area (Å²) in [6.07, 6.45) is 1.18. The number of carboxylic acid groups (broad SMARTS) is 1. The number of carboxylic acids is 1. The Morgan fingerprint density at radius 3 is 2.60 bits per heavy atom. The largest absolute Gasteiger partial charge is 0.504 e. The van der Waals surface area contributed by atoms with Crippen LogP contribution in [0.4, 0.5) is 5.69 Å². The zero-order valence-electron chi connectivity index (χ0n) is 14.4. The fourth-order valence-electron chi connectivity index (χ4n) is 3.32. The first-order chi connectivity index (χ1) is 11.7. The number of hydrogen-bond donors (Lipinski definition) is 4. The number of anilines is 1. The van der Waals surface area contributed by atoms with Crippen molar-refractivity contribution in [2.45, 2.75) is 19.9 Å². The Labute approximate surface area is 144 Å². The molecular weight excluding hydrogens is 324 g/mol. The Hall–Kier alpha value is -2.74. The molecule has 8 heteroatoms. The minimum atomic E-state index is -1.31. The minimum absolute atomic E-state index is 0.0384. The van der Waals surface area contributed by atoms with Crippen molar-refractivity contribution in [3.8, 4) is 5.75 Å². The maximum absolute atomic E-state index is 12.4. The number of fused-ring (bicyclic) bond motifs is 1. The number of hydrogen-bond acceptors (Lipinski definition) is 6. The van der Waals surface area contributed by atoms with Gasteiger partial charge < -0.3 is 26.3 Å². The number of nitrogens with two attached hydrogens (primary N) is 1. The van der Waals surface area contributed by atoms with Crippen molar-refractivity contribution in [3.05, 3.63) is 34.1 Å². The molecule has 5 N–H and O–H groups in total. The van der Waals surface area contributed by atoms with E-state index < -0.39 is 11.4 Å². The summed E-state index contributed by atoms with van der Waals surface area (Å²) in [7, 11) is 1.58. The number of aromatic carboxylic acids is 1. The third-order valence-corrected chi connectivity index (χ3v) is 4.95. The molecule has 1 aliphatic rings. The van der Waals surface area contributed by atoms with Crippen molar-refractivity contribution in [3.63, 3.8) is 0 Å². The highest BCUT2D eigenvalue weighted by Gasteiger charge is 2.38. The van der Waals surface area contributed by atoms with Gasteiger partial charge in [0, 0.05) is 32.4 Å². The summed E-state index contributed by atoms with van der Waals surface area (Å²) >= 11 is 0. The van der Waals surface area contributed by atoms with Crippen LogP contribution in [0, 0.1) is 5.41 Å². The highest BCUT2D eigenvalue weighted by atomic mass is 16.4. The number of carbonyl (C=O) groups is 1. The zero-order valence-corrected chi connectivity index (χ0v) is 14.4. The lowest BCUT2D eigenvalue weighted by Gasteiger charge is -2.24. The van der Waals surface area contributed by atoms with Crippen LogP contribution in [0.5, 0.6) is 5.75 Å². The molecule has 25 heavy (non-hydrogen) atoms. The summed E-state index contributed by atoms with van der Waals surface area (Å²) < 4.78 is 1.35. The average Bonchev–Trinajstić information content (AvgIpc) is 2.81. The fourth-order valence-corrected chi connectivity index (χ4v) is 3.32. The molecule has 1 atom stereocenters. The van der Waals surface area contributed by atoms with Crippen molar-refractivity contribution in [1.82, 2.24) is 4.68 Å². The van der Waals surface area contributed by atoms with Crippen LogP contribution in [0.3, 0.4) is 0 Å². The van der Waals surface area contributed by atoms with Crippen molar-refractivity contribution < 1.29 is 15.0 Å². The maximum atomic E-state index is 12.4.